The molecular weight excluding hydrogens is 255 g/mol. The van der Waals surface area contributed by atoms with Gasteiger partial charge >= 0.3 is 0 Å². The van der Waals surface area contributed by atoms with Crippen molar-refractivity contribution in [3.05, 3.63) is 64.5 Å². The molecule has 2 aromatic rings. The number of benzene rings is 2. The van der Waals surface area contributed by atoms with E-state index in [0.29, 0.717) is 17.9 Å². The Bertz CT molecular complexity index is 586. The minimum absolute atomic E-state index is 0.363. The summed E-state index contributed by atoms with van der Waals surface area (Å²) in [5.41, 5.74) is 3.96. The summed E-state index contributed by atoms with van der Waals surface area (Å²) in [7, 11) is 0. The minimum Gasteiger partial charge on any atom is -0.488 e. The summed E-state index contributed by atoms with van der Waals surface area (Å²) < 4.78 is 19.1. The summed E-state index contributed by atoms with van der Waals surface area (Å²) in [4.78, 5) is 0. The molecule has 3 heteroatoms. The van der Waals surface area contributed by atoms with Crippen LogP contribution in [0.3, 0.4) is 0 Å². The monoisotopic (exact) mass is 274 g/mol. The van der Waals surface area contributed by atoms with Gasteiger partial charge in [-0.25, -0.2) is 4.39 Å². The van der Waals surface area contributed by atoms with Crippen molar-refractivity contribution in [2.75, 3.05) is 0 Å². The summed E-state index contributed by atoms with van der Waals surface area (Å²) in [5, 5.41) is 9.70. The molecule has 0 bridgehead atoms. The van der Waals surface area contributed by atoms with E-state index in [1.165, 1.54) is 12.1 Å². The van der Waals surface area contributed by atoms with Crippen molar-refractivity contribution in [3.8, 4) is 5.75 Å². The molecule has 1 atom stereocenters. The lowest BCUT2D eigenvalue weighted by Gasteiger charge is -2.15. The van der Waals surface area contributed by atoms with Gasteiger partial charge < -0.3 is 9.84 Å². The van der Waals surface area contributed by atoms with Crippen LogP contribution < -0.4 is 4.74 Å². The molecule has 0 unspecified atom stereocenters. The number of hydrogen-bond acceptors (Lipinski definition) is 2. The van der Waals surface area contributed by atoms with Crippen LogP contribution >= 0.6 is 0 Å². The second kappa shape index (κ2) is 6.06. The van der Waals surface area contributed by atoms with Gasteiger partial charge in [-0.05, 0) is 49.6 Å². The number of ether oxygens (including phenoxy) is 1. The fraction of sp³-hybridized carbons (Fsp3) is 0.294. The molecule has 1 N–H and O–H groups in total. The number of aliphatic hydroxyl groups is 1. The topological polar surface area (TPSA) is 29.5 Å². The normalized spacial score (nSPS) is 12.2. The van der Waals surface area contributed by atoms with Crippen LogP contribution in [0.25, 0.3) is 0 Å². The fourth-order valence-corrected chi connectivity index (χ4v) is 2.20. The average Bonchev–Trinajstić information content (AvgIpc) is 2.37. The summed E-state index contributed by atoms with van der Waals surface area (Å²) in [5.74, 6) is 0.0218. The summed E-state index contributed by atoms with van der Waals surface area (Å²) in [6.45, 7) is 6.04. The number of rotatable bonds is 4. The third-order valence-corrected chi connectivity index (χ3v) is 3.44. The van der Waals surface area contributed by atoms with Crippen molar-refractivity contribution >= 4 is 0 Å². The zero-order valence-corrected chi connectivity index (χ0v) is 12.0. The van der Waals surface area contributed by atoms with E-state index in [4.69, 9.17) is 4.74 Å². The lowest BCUT2D eigenvalue weighted by Crippen LogP contribution is -2.04. The van der Waals surface area contributed by atoms with Gasteiger partial charge in [0.15, 0.2) is 0 Å². The predicted molar refractivity (Wildman–Crippen MR) is 77.3 cm³/mol. The number of halogens is 1. The Kier molecular flexibility index (Phi) is 4.40. The average molecular weight is 274 g/mol. The first-order chi connectivity index (χ1) is 9.49. The van der Waals surface area contributed by atoms with Crippen LogP contribution in [-0.4, -0.2) is 5.11 Å². The number of aliphatic hydroxyl groups excluding tert-OH is 1. The first-order valence-corrected chi connectivity index (χ1v) is 6.64. The van der Waals surface area contributed by atoms with Gasteiger partial charge in [-0.2, -0.15) is 0 Å². The van der Waals surface area contributed by atoms with Crippen LogP contribution in [0.1, 0.15) is 35.3 Å². The smallest absolute Gasteiger partial charge is 0.128 e. The van der Waals surface area contributed by atoms with E-state index in [9.17, 15) is 9.50 Å². The van der Waals surface area contributed by atoms with Crippen molar-refractivity contribution in [2.24, 2.45) is 0 Å². The lowest BCUT2D eigenvalue weighted by atomic mass is 10.0. The lowest BCUT2D eigenvalue weighted by molar-refractivity contribution is 0.189. The molecular formula is C17H19FO2. The molecule has 0 fully saturated rings. The molecule has 0 aliphatic carbocycles. The Morgan fingerprint density at radius 1 is 1.15 bits per heavy atom. The number of aryl methyl sites for hydroxylation is 2. The predicted octanol–water partition coefficient (Wildman–Crippen LogP) is 4.07. The zero-order valence-electron chi connectivity index (χ0n) is 12.0. The highest BCUT2D eigenvalue weighted by atomic mass is 19.1. The highest BCUT2D eigenvalue weighted by Crippen LogP contribution is 2.27. The van der Waals surface area contributed by atoms with Crippen LogP contribution in [0.15, 0.2) is 36.4 Å². The molecule has 0 aromatic heterocycles. The standard InChI is InChI=1S/C17H19FO2/c1-11-5-4-6-12(2)16(11)10-20-17-9-14(18)7-8-15(17)13(3)19/h4-9,13,19H,10H2,1-3H3/t13-/m0/s1. The SMILES string of the molecule is Cc1cccc(C)c1COc1cc(F)ccc1[C@H](C)O. The third-order valence-electron chi connectivity index (χ3n) is 3.44. The van der Waals surface area contributed by atoms with Crippen LogP contribution in [0.2, 0.25) is 0 Å². The fourth-order valence-electron chi connectivity index (χ4n) is 2.20. The van der Waals surface area contributed by atoms with Gasteiger partial charge in [0.1, 0.15) is 18.2 Å². The Morgan fingerprint density at radius 2 is 1.80 bits per heavy atom. The van der Waals surface area contributed by atoms with E-state index < -0.39 is 6.10 Å². The van der Waals surface area contributed by atoms with Crippen LogP contribution in [0.5, 0.6) is 5.75 Å². The van der Waals surface area contributed by atoms with E-state index in [-0.39, 0.29) is 5.82 Å². The second-order valence-electron chi connectivity index (χ2n) is 5.02. The van der Waals surface area contributed by atoms with Gasteiger partial charge in [-0.15, -0.1) is 0 Å². The van der Waals surface area contributed by atoms with Gasteiger partial charge in [-0.1, -0.05) is 18.2 Å². The Balaban J connectivity index is 2.25. The summed E-state index contributed by atoms with van der Waals surface area (Å²) in [6, 6.07) is 10.2. The highest BCUT2D eigenvalue weighted by molar-refractivity contribution is 5.37. The van der Waals surface area contributed by atoms with Gasteiger partial charge in [0.05, 0.1) is 6.10 Å². The molecule has 20 heavy (non-hydrogen) atoms. The van der Waals surface area contributed by atoms with Gasteiger partial charge in [0.25, 0.3) is 0 Å². The van der Waals surface area contributed by atoms with Crippen LogP contribution in [-0.2, 0) is 6.61 Å². The van der Waals surface area contributed by atoms with Gasteiger partial charge in [-0.3, -0.25) is 0 Å². The number of hydrogen-bond donors (Lipinski definition) is 1. The van der Waals surface area contributed by atoms with E-state index in [0.717, 1.165) is 16.7 Å². The highest BCUT2D eigenvalue weighted by Gasteiger charge is 2.11. The van der Waals surface area contributed by atoms with Gasteiger partial charge in [0.2, 0.25) is 0 Å². The van der Waals surface area contributed by atoms with Crippen molar-refractivity contribution in [1.82, 2.24) is 0 Å². The maximum Gasteiger partial charge on any atom is 0.128 e. The minimum atomic E-state index is -0.691. The first kappa shape index (κ1) is 14.5. The van der Waals surface area contributed by atoms with Gasteiger partial charge in [0, 0.05) is 11.6 Å². The van der Waals surface area contributed by atoms with Crippen LogP contribution in [0.4, 0.5) is 4.39 Å². The largest absolute Gasteiger partial charge is 0.488 e. The third kappa shape index (κ3) is 3.17. The quantitative estimate of drug-likeness (QED) is 0.910. The maximum absolute atomic E-state index is 13.3. The van der Waals surface area contributed by atoms with Crippen LogP contribution in [0, 0.1) is 19.7 Å². The molecule has 0 radical (unpaired) electrons. The molecule has 2 aromatic carbocycles. The maximum atomic E-state index is 13.3. The van der Waals surface area contributed by atoms with E-state index in [2.05, 4.69) is 0 Å². The van der Waals surface area contributed by atoms with E-state index in [1.807, 2.05) is 32.0 Å². The molecule has 0 amide bonds. The molecule has 2 nitrogen and oxygen atoms in total. The summed E-state index contributed by atoms with van der Waals surface area (Å²) >= 11 is 0. The molecule has 0 aliphatic heterocycles. The first-order valence-electron chi connectivity index (χ1n) is 6.64. The molecule has 0 saturated carbocycles. The van der Waals surface area contributed by atoms with Crippen molar-refractivity contribution in [2.45, 2.75) is 33.5 Å². The Morgan fingerprint density at radius 3 is 2.40 bits per heavy atom. The summed E-state index contributed by atoms with van der Waals surface area (Å²) in [6.07, 6.45) is -0.691. The van der Waals surface area contributed by atoms with E-state index in [1.54, 1.807) is 13.0 Å². The van der Waals surface area contributed by atoms with Crippen molar-refractivity contribution in [1.29, 1.82) is 0 Å². The molecule has 0 heterocycles. The Hall–Kier alpha value is -1.87. The molecule has 0 aliphatic rings. The molecule has 106 valence electrons. The Labute approximate surface area is 118 Å². The molecule has 2 rings (SSSR count). The van der Waals surface area contributed by atoms with E-state index >= 15 is 0 Å². The molecule has 0 spiro atoms. The molecule has 0 saturated heterocycles. The van der Waals surface area contributed by atoms with Crippen molar-refractivity contribution < 1.29 is 14.2 Å². The zero-order chi connectivity index (χ0) is 14.7. The van der Waals surface area contributed by atoms with Crippen molar-refractivity contribution in [3.63, 3.8) is 0 Å². The second-order valence-corrected chi connectivity index (χ2v) is 5.02.